The van der Waals surface area contributed by atoms with Crippen LogP contribution >= 0.6 is 0 Å². The van der Waals surface area contributed by atoms with Crippen LogP contribution in [-0.2, 0) is 0 Å². The van der Waals surface area contributed by atoms with Crippen molar-refractivity contribution in [1.29, 1.82) is 5.26 Å². The Morgan fingerprint density at radius 2 is 1.12 bits per heavy atom. The predicted molar refractivity (Wildman–Crippen MR) is 99.7 cm³/mol. The van der Waals surface area contributed by atoms with E-state index >= 15 is 0 Å². The molecule has 0 unspecified atom stereocenters. The summed E-state index contributed by atoms with van der Waals surface area (Å²) < 4.78 is 4.11. The van der Waals surface area contributed by atoms with Crippen LogP contribution in [0.3, 0.4) is 0 Å². The summed E-state index contributed by atoms with van der Waals surface area (Å²) in [6, 6.07) is 28.4. The van der Waals surface area contributed by atoms with Crippen LogP contribution in [0.25, 0.3) is 22.5 Å². The van der Waals surface area contributed by atoms with Crippen LogP contribution in [0.15, 0.2) is 104 Å². The third-order valence-electron chi connectivity index (χ3n) is 4.32. The van der Waals surface area contributed by atoms with Gasteiger partial charge in [-0.15, -0.1) is 0 Å². The molecule has 0 aliphatic heterocycles. The van der Waals surface area contributed by atoms with E-state index in [2.05, 4.69) is 59.4 Å². The largest absolute Gasteiger partial charge is 0.211 e. The number of benzene rings is 2. The summed E-state index contributed by atoms with van der Waals surface area (Å²) >= 11 is 0. The fraction of sp³-hybridized carbons (Fsp3) is 0. The summed E-state index contributed by atoms with van der Waals surface area (Å²) in [6.07, 6.45) is 8.18. The lowest BCUT2D eigenvalue weighted by Gasteiger charge is -2.01. The van der Waals surface area contributed by atoms with Crippen molar-refractivity contribution in [3.05, 3.63) is 109 Å². The number of aromatic nitrogens is 2. The van der Waals surface area contributed by atoms with E-state index in [4.69, 9.17) is 5.26 Å². The second-order valence-corrected chi connectivity index (χ2v) is 5.99. The molecular formula is C23H17N3+2. The Bertz CT molecular complexity index is 1060. The van der Waals surface area contributed by atoms with E-state index in [0.717, 1.165) is 22.5 Å². The van der Waals surface area contributed by atoms with Gasteiger partial charge in [0, 0.05) is 48.5 Å². The molecule has 0 bridgehead atoms. The molecule has 3 heteroatoms. The van der Waals surface area contributed by atoms with E-state index in [1.807, 2.05) is 59.4 Å². The summed E-state index contributed by atoms with van der Waals surface area (Å²) in [5.41, 5.74) is 5.09. The zero-order chi connectivity index (χ0) is 17.8. The predicted octanol–water partition coefficient (Wildman–Crippen LogP) is 3.78. The van der Waals surface area contributed by atoms with E-state index in [9.17, 15) is 0 Å². The van der Waals surface area contributed by atoms with Crippen molar-refractivity contribution < 1.29 is 9.13 Å². The molecule has 26 heavy (non-hydrogen) atoms. The third-order valence-corrected chi connectivity index (χ3v) is 4.32. The molecule has 122 valence electrons. The van der Waals surface area contributed by atoms with Crippen LogP contribution < -0.4 is 9.13 Å². The maximum Gasteiger partial charge on any atom is 0.211 e. The molecule has 0 saturated carbocycles. The molecule has 2 heterocycles. The number of nitriles is 1. The van der Waals surface area contributed by atoms with Crippen molar-refractivity contribution in [2.75, 3.05) is 0 Å². The van der Waals surface area contributed by atoms with Gasteiger partial charge in [0.1, 0.15) is 0 Å². The number of pyridine rings is 2. The van der Waals surface area contributed by atoms with Gasteiger partial charge in [0.05, 0.1) is 11.6 Å². The molecule has 0 radical (unpaired) electrons. The van der Waals surface area contributed by atoms with Gasteiger partial charge in [0.15, 0.2) is 24.8 Å². The first-order valence-corrected chi connectivity index (χ1v) is 8.42. The maximum atomic E-state index is 9.05. The van der Waals surface area contributed by atoms with E-state index in [1.165, 1.54) is 0 Å². The Hall–Kier alpha value is -3.77. The van der Waals surface area contributed by atoms with Crippen LogP contribution in [0.5, 0.6) is 0 Å². The van der Waals surface area contributed by atoms with Gasteiger partial charge in [0.25, 0.3) is 0 Å². The molecule has 0 saturated heterocycles. The smallest absolute Gasteiger partial charge is 0.192 e. The molecule has 0 fully saturated rings. The first-order chi connectivity index (χ1) is 12.8. The summed E-state index contributed by atoms with van der Waals surface area (Å²) in [5, 5.41) is 9.05. The van der Waals surface area contributed by atoms with Crippen LogP contribution in [0.4, 0.5) is 0 Å². The molecular weight excluding hydrogens is 318 g/mol. The summed E-state index contributed by atoms with van der Waals surface area (Å²) in [4.78, 5) is 0. The highest BCUT2D eigenvalue weighted by Crippen LogP contribution is 2.16. The molecule has 4 rings (SSSR count). The van der Waals surface area contributed by atoms with Crippen molar-refractivity contribution in [3.63, 3.8) is 0 Å². The molecule has 0 aliphatic carbocycles. The van der Waals surface area contributed by atoms with Gasteiger partial charge < -0.3 is 0 Å². The van der Waals surface area contributed by atoms with Gasteiger partial charge in [-0.05, 0) is 17.2 Å². The van der Waals surface area contributed by atoms with Crippen molar-refractivity contribution in [1.82, 2.24) is 0 Å². The molecule has 2 aromatic heterocycles. The van der Waals surface area contributed by atoms with Crippen LogP contribution in [-0.4, -0.2) is 0 Å². The van der Waals surface area contributed by atoms with Crippen LogP contribution in [0.1, 0.15) is 5.56 Å². The van der Waals surface area contributed by atoms with Gasteiger partial charge >= 0.3 is 0 Å². The third kappa shape index (κ3) is 3.22. The lowest BCUT2D eigenvalue weighted by molar-refractivity contribution is -0.596. The van der Waals surface area contributed by atoms with E-state index in [0.29, 0.717) is 5.56 Å². The minimum atomic E-state index is 0.660. The minimum absolute atomic E-state index is 0.660. The van der Waals surface area contributed by atoms with Crippen molar-refractivity contribution in [2.24, 2.45) is 0 Å². The standard InChI is InChI=1S/C23H17N3/c24-18-19-5-4-8-23(17-19)26-15-11-21(12-16-26)20-9-13-25(14-10-20)22-6-2-1-3-7-22/h1-17H/q+2. The Morgan fingerprint density at radius 3 is 1.69 bits per heavy atom. The number of hydrogen-bond donors (Lipinski definition) is 0. The number of nitrogens with zero attached hydrogens (tertiary/aromatic N) is 3. The summed E-state index contributed by atoms with van der Waals surface area (Å²) in [5.74, 6) is 0. The molecule has 0 spiro atoms. The average Bonchev–Trinajstić information content (AvgIpc) is 2.75. The lowest BCUT2D eigenvalue weighted by atomic mass is 10.1. The molecule has 4 aromatic rings. The SMILES string of the molecule is N#Cc1cccc(-[n+]2ccc(-c3cc[n+](-c4ccccc4)cc3)cc2)c1. The second kappa shape index (κ2) is 7.00. The molecule has 0 atom stereocenters. The number of rotatable bonds is 3. The fourth-order valence-electron chi connectivity index (χ4n) is 2.92. The molecule has 0 amide bonds. The topological polar surface area (TPSA) is 31.5 Å². The van der Waals surface area contributed by atoms with Gasteiger partial charge in [-0.2, -0.15) is 14.4 Å². The first-order valence-electron chi connectivity index (χ1n) is 8.42. The van der Waals surface area contributed by atoms with Crippen molar-refractivity contribution in [3.8, 4) is 28.6 Å². The summed E-state index contributed by atoms with van der Waals surface area (Å²) in [7, 11) is 0. The van der Waals surface area contributed by atoms with Gasteiger partial charge in [-0.25, -0.2) is 0 Å². The number of hydrogen-bond acceptors (Lipinski definition) is 1. The fourth-order valence-corrected chi connectivity index (χ4v) is 2.92. The quantitative estimate of drug-likeness (QED) is 0.524. The highest BCUT2D eigenvalue weighted by molar-refractivity contribution is 5.61. The highest BCUT2D eigenvalue weighted by atomic mass is 14.9. The van der Waals surface area contributed by atoms with Gasteiger partial charge in [-0.1, -0.05) is 24.3 Å². The monoisotopic (exact) mass is 335 g/mol. The van der Waals surface area contributed by atoms with Crippen molar-refractivity contribution in [2.45, 2.75) is 0 Å². The lowest BCUT2D eigenvalue weighted by Crippen LogP contribution is -2.29. The molecule has 0 N–H and O–H groups in total. The minimum Gasteiger partial charge on any atom is -0.192 e. The second-order valence-electron chi connectivity index (χ2n) is 5.99. The van der Waals surface area contributed by atoms with Crippen LogP contribution in [0.2, 0.25) is 0 Å². The van der Waals surface area contributed by atoms with Crippen LogP contribution in [0, 0.1) is 11.3 Å². The first kappa shape index (κ1) is 15.7. The van der Waals surface area contributed by atoms with E-state index in [1.54, 1.807) is 0 Å². The van der Waals surface area contributed by atoms with E-state index < -0.39 is 0 Å². The van der Waals surface area contributed by atoms with E-state index in [-0.39, 0.29) is 0 Å². The average molecular weight is 335 g/mol. The van der Waals surface area contributed by atoms with Gasteiger partial charge in [-0.3, -0.25) is 0 Å². The highest BCUT2D eigenvalue weighted by Gasteiger charge is 2.09. The Balaban J connectivity index is 1.60. The van der Waals surface area contributed by atoms with Gasteiger partial charge in [0.2, 0.25) is 11.4 Å². The summed E-state index contributed by atoms with van der Waals surface area (Å²) in [6.45, 7) is 0. The number of para-hydroxylation sites is 1. The molecule has 0 aliphatic rings. The maximum absolute atomic E-state index is 9.05. The molecule has 2 aromatic carbocycles. The zero-order valence-electron chi connectivity index (χ0n) is 14.2. The Morgan fingerprint density at radius 1 is 0.577 bits per heavy atom. The Kier molecular flexibility index (Phi) is 4.24. The zero-order valence-corrected chi connectivity index (χ0v) is 14.2. The Labute approximate surface area is 152 Å². The molecule has 3 nitrogen and oxygen atoms in total. The van der Waals surface area contributed by atoms with Crippen molar-refractivity contribution >= 4 is 0 Å². The normalized spacial score (nSPS) is 10.3.